The van der Waals surface area contributed by atoms with Gasteiger partial charge in [-0.1, -0.05) is 13.8 Å². The van der Waals surface area contributed by atoms with Crippen LogP contribution >= 0.6 is 12.4 Å². The molecule has 0 saturated carbocycles. The zero-order valence-corrected chi connectivity index (χ0v) is 16.5. The number of benzene rings is 1. The Labute approximate surface area is 151 Å². The van der Waals surface area contributed by atoms with E-state index < -0.39 is 10.0 Å². The maximum Gasteiger partial charge on any atom is 0.253 e. The van der Waals surface area contributed by atoms with E-state index in [4.69, 9.17) is 5.73 Å². The molecular weight excluding hydrogens is 350 g/mol. The van der Waals surface area contributed by atoms with Crippen LogP contribution in [-0.4, -0.2) is 45.4 Å². The van der Waals surface area contributed by atoms with E-state index in [1.54, 1.807) is 25.8 Å². The highest BCUT2D eigenvalue weighted by Gasteiger charge is 2.22. The lowest BCUT2D eigenvalue weighted by atomic mass is 9.93. The second kappa shape index (κ2) is 8.80. The Balaban J connectivity index is 0.00000529. The number of carbonyl (C=O) groups excluding carboxylic acids is 1. The van der Waals surface area contributed by atoms with Gasteiger partial charge in [0.05, 0.1) is 4.90 Å². The van der Waals surface area contributed by atoms with Gasteiger partial charge in [-0.15, -0.1) is 12.4 Å². The van der Waals surface area contributed by atoms with E-state index in [-0.39, 0.29) is 34.7 Å². The number of sulfonamides is 1. The first kappa shape index (κ1) is 22.9. The Morgan fingerprint density at radius 2 is 1.75 bits per heavy atom. The molecule has 138 valence electrons. The van der Waals surface area contributed by atoms with Gasteiger partial charge in [0.1, 0.15) is 0 Å². The molecule has 0 bridgehead atoms. The van der Waals surface area contributed by atoms with Gasteiger partial charge in [-0.25, -0.2) is 13.1 Å². The van der Waals surface area contributed by atoms with Crippen LogP contribution in [0.15, 0.2) is 29.2 Å². The van der Waals surface area contributed by atoms with Gasteiger partial charge >= 0.3 is 0 Å². The molecule has 1 amide bonds. The summed E-state index contributed by atoms with van der Waals surface area (Å²) in [6.07, 6.45) is 0. The van der Waals surface area contributed by atoms with Crippen LogP contribution in [0.4, 0.5) is 0 Å². The van der Waals surface area contributed by atoms with Crippen molar-refractivity contribution >= 4 is 28.3 Å². The lowest BCUT2D eigenvalue weighted by Gasteiger charge is -2.29. The Bertz CT molecular complexity index is 643. The zero-order valence-electron chi connectivity index (χ0n) is 14.9. The van der Waals surface area contributed by atoms with E-state index in [0.29, 0.717) is 18.7 Å². The minimum Gasteiger partial charge on any atom is -0.341 e. The highest BCUT2D eigenvalue weighted by atomic mass is 35.5. The number of carbonyl (C=O) groups is 1. The minimum atomic E-state index is -3.55. The summed E-state index contributed by atoms with van der Waals surface area (Å²) >= 11 is 0. The molecule has 1 rings (SSSR count). The summed E-state index contributed by atoms with van der Waals surface area (Å²) in [5.74, 6) is -0.160. The molecule has 0 atom stereocenters. The first-order chi connectivity index (χ1) is 10.5. The number of halogens is 1. The Morgan fingerprint density at radius 1 is 1.25 bits per heavy atom. The van der Waals surface area contributed by atoms with Crippen LogP contribution < -0.4 is 10.5 Å². The van der Waals surface area contributed by atoms with Crippen LogP contribution in [-0.2, 0) is 10.0 Å². The van der Waals surface area contributed by atoms with Crippen LogP contribution in [0.3, 0.4) is 0 Å². The van der Waals surface area contributed by atoms with Crippen LogP contribution in [0.25, 0.3) is 0 Å². The molecular formula is C16H28ClN3O3S. The number of rotatable bonds is 7. The molecule has 6 nitrogen and oxygen atoms in total. The lowest BCUT2D eigenvalue weighted by Crippen LogP contribution is -2.39. The summed E-state index contributed by atoms with van der Waals surface area (Å²) in [6, 6.07) is 5.76. The molecule has 0 saturated heterocycles. The van der Waals surface area contributed by atoms with Gasteiger partial charge in [-0.2, -0.15) is 0 Å². The van der Waals surface area contributed by atoms with E-state index in [1.165, 1.54) is 24.3 Å². The maximum atomic E-state index is 12.4. The predicted octanol–water partition coefficient (Wildman–Crippen LogP) is 1.85. The highest BCUT2D eigenvalue weighted by molar-refractivity contribution is 7.89. The van der Waals surface area contributed by atoms with E-state index >= 15 is 0 Å². The number of nitrogens with one attached hydrogen (secondary N) is 1. The van der Waals surface area contributed by atoms with Crippen molar-refractivity contribution in [1.82, 2.24) is 9.62 Å². The minimum absolute atomic E-state index is 0. The molecule has 0 heterocycles. The molecule has 0 spiro atoms. The largest absolute Gasteiger partial charge is 0.341 e. The molecule has 24 heavy (non-hydrogen) atoms. The second-order valence-electron chi connectivity index (χ2n) is 6.83. The van der Waals surface area contributed by atoms with Gasteiger partial charge in [-0.05, 0) is 50.1 Å². The molecule has 0 fully saturated rings. The van der Waals surface area contributed by atoms with Crippen molar-refractivity contribution in [2.45, 2.75) is 38.6 Å². The molecule has 0 unspecified atom stereocenters. The average Bonchev–Trinajstić information content (AvgIpc) is 2.45. The summed E-state index contributed by atoms with van der Waals surface area (Å²) in [5.41, 5.74) is 5.97. The Kier molecular flexibility index (Phi) is 8.38. The van der Waals surface area contributed by atoms with Gasteiger partial charge < -0.3 is 10.6 Å². The van der Waals surface area contributed by atoms with Crippen molar-refractivity contribution in [3.63, 3.8) is 0 Å². The SMILES string of the molecule is CC(C)NS(=O)(=O)c1ccc(C(=O)N(C)CC(C)(C)CN)cc1.Cl. The van der Waals surface area contributed by atoms with Crippen molar-refractivity contribution in [2.24, 2.45) is 11.1 Å². The summed E-state index contributed by atoms with van der Waals surface area (Å²) in [6.45, 7) is 8.49. The third kappa shape index (κ3) is 6.39. The predicted molar refractivity (Wildman–Crippen MR) is 98.9 cm³/mol. The second-order valence-corrected chi connectivity index (χ2v) is 8.54. The number of amides is 1. The standard InChI is InChI=1S/C16H27N3O3S.ClH/c1-12(2)18-23(21,22)14-8-6-13(7-9-14)15(20)19(5)11-16(3,4)10-17;/h6-9,12,18H,10-11,17H2,1-5H3;1H. The fourth-order valence-electron chi connectivity index (χ4n) is 2.15. The first-order valence-electron chi connectivity index (χ1n) is 7.56. The summed E-state index contributed by atoms with van der Waals surface area (Å²) in [7, 11) is -1.83. The molecule has 1 aromatic rings. The Hall–Kier alpha value is -1.15. The lowest BCUT2D eigenvalue weighted by molar-refractivity contribution is 0.0740. The number of hydrogen-bond donors (Lipinski definition) is 2. The van der Waals surface area contributed by atoms with Gasteiger partial charge in [0, 0.05) is 25.2 Å². The van der Waals surface area contributed by atoms with Crippen molar-refractivity contribution in [3.8, 4) is 0 Å². The Morgan fingerprint density at radius 3 is 2.17 bits per heavy atom. The normalized spacial score (nSPS) is 12.0. The smallest absolute Gasteiger partial charge is 0.253 e. The zero-order chi connectivity index (χ0) is 17.8. The molecule has 0 radical (unpaired) electrons. The third-order valence-electron chi connectivity index (χ3n) is 3.37. The van der Waals surface area contributed by atoms with Crippen LogP contribution in [0, 0.1) is 5.41 Å². The van der Waals surface area contributed by atoms with Crippen LogP contribution in [0.1, 0.15) is 38.1 Å². The van der Waals surface area contributed by atoms with Crippen molar-refractivity contribution in [3.05, 3.63) is 29.8 Å². The van der Waals surface area contributed by atoms with Crippen molar-refractivity contribution in [1.29, 1.82) is 0 Å². The summed E-state index contributed by atoms with van der Waals surface area (Å²) in [4.78, 5) is 14.1. The molecule has 0 aliphatic rings. The monoisotopic (exact) mass is 377 g/mol. The molecule has 1 aromatic carbocycles. The van der Waals surface area contributed by atoms with Gasteiger partial charge in [0.25, 0.3) is 5.91 Å². The van der Waals surface area contributed by atoms with Crippen LogP contribution in [0.5, 0.6) is 0 Å². The van der Waals surface area contributed by atoms with E-state index in [1.807, 2.05) is 13.8 Å². The van der Waals surface area contributed by atoms with Gasteiger partial charge in [0.15, 0.2) is 0 Å². The van der Waals surface area contributed by atoms with E-state index in [0.717, 1.165) is 0 Å². The first-order valence-corrected chi connectivity index (χ1v) is 9.05. The average molecular weight is 378 g/mol. The van der Waals surface area contributed by atoms with Crippen molar-refractivity contribution < 1.29 is 13.2 Å². The van der Waals surface area contributed by atoms with E-state index in [9.17, 15) is 13.2 Å². The molecule has 0 aliphatic carbocycles. The molecule has 0 aliphatic heterocycles. The molecule has 3 N–H and O–H groups in total. The topological polar surface area (TPSA) is 92.5 Å². The number of nitrogens with two attached hydrogens (primary N) is 1. The quantitative estimate of drug-likeness (QED) is 0.758. The fraction of sp³-hybridized carbons (Fsp3) is 0.562. The van der Waals surface area contributed by atoms with Crippen LogP contribution in [0.2, 0.25) is 0 Å². The number of nitrogens with zero attached hydrogens (tertiary/aromatic N) is 1. The molecule has 0 aromatic heterocycles. The molecule has 8 heteroatoms. The van der Waals surface area contributed by atoms with Gasteiger partial charge in [-0.3, -0.25) is 4.79 Å². The third-order valence-corrected chi connectivity index (χ3v) is 5.04. The fourth-order valence-corrected chi connectivity index (χ4v) is 3.40. The summed E-state index contributed by atoms with van der Waals surface area (Å²) in [5, 5.41) is 0. The maximum absolute atomic E-state index is 12.4. The number of hydrogen-bond acceptors (Lipinski definition) is 4. The van der Waals surface area contributed by atoms with Gasteiger partial charge in [0.2, 0.25) is 10.0 Å². The van der Waals surface area contributed by atoms with Crippen molar-refractivity contribution in [2.75, 3.05) is 20.1 Å². The summed E-state index contributed by atoms with van der Waals surface area (Å²) < 4.78 is 26.6. The van der Waals surface area contributed by atoms with E-state index in [2.05, 4.69) is 4.72 Å². The highest BCUT2D eigenvalue weighted by Crippen LogP contribution is 2.17.